The van der Waals surface area contributed by atoms with E-state index in [1.54, 1.807) is 42.5 Å². The molecule has 0 radical (unpaired) electrons. The molecule has 2 aromatic rings. The number of carbonyl (C=O) groups excluding carboxylic acids is 1. The molecule has 0 aliphatic carbocycles. The Morgan fingerprint density at radius 2 is 1.67 bits per heavy atom. The second-order valence-electron chi connectivity index (χ2n) is 3.41. The summed E-state index contributed by atoms with van der Waals surface area (Å²) < 4.78 is 28.0. The maximum atomic E-state index is 12.0. The zero-order chi connectivity index (χ0) is 13.0. The Bertz CT molecular complexity index is 608. The first-order chi connectivity index (χ1) is 8.63. The number of rotatable bonds is 5. The standard InChI is InChI=1S/C11H11N3O3S/c15-10-14(13-8-4-5-9-13)18(16,17)12-11-6-2-1-3-7-11/h1-10,12H. The summed E-state index contributed by atoms with van der Waals surface area (Å²) in [5.74, 6) is 0. The highest BCUT2D eigenvalue weighted by Gasteiger charge is 2.21. The number of carbonyl (C=O) groups is 1. The average Bonchev–Trinajstić information content (AvgIpc) is 2.83. The molecule has 94 valence electrons. The highest BCUT2D eigenvalue weighted by molar-refractivity contribution is 7.94. The molecule has 0 spiro atoms. The third-order valence-corrected chi connectivity index (χ3v) is 3.43. The molecule has 2 rings (SSSR count). The van der Waals surface area contributed by atoms with Gasteiger partial charge in [-0.3, -0.25) is 14.2 Å². The van der Waals surface area contributed by atoms with E-state index < -0.39 is 10.2 Å². The molecule has 0 bridgehead atoms. The van der Waals surface area contributed by atoms with Crippen LogP contribution in [0.3, 0.4) is 0 Å². The van der Waals surface area contributed by atoms with Crippen LogP contribution in [-0.4, -0.2) is 19.5 Å². The van der Waals surface area contributed by atoms with Crippen LogP contribution in [0.1, 0.15) is 0 Å². The van der Waals surface area contributed by atoms with E-state index in [9.17, 15) is 13.2 Å². The van der Waals surface area contributed by atoms with Crippen molar-refractivity contribution in [3.05, 3.63) is 54.9 Å². The van der Waals surface area contributed by atoms with Gasteiger partial charge in [-0.25, -0.2) is 0 Å². The summed E-state index contributed by atoms with van der Waals surface area (Å²) >= 11 is 0. The van der Waals surface area contributed by atoms with Gasteiger partial charge >= 0.3 is 10.2 Å². The number of nitrogens with one attached hydrogen (secondary N) is 1. The van der Waals surface area contributed by atoms with Gasteiger partial charge in [-0.2, -0.15) is 8.42 Å². The van der Waals surface area contributed by atoms with E-state index >= 15 is 0 Å². The van der Waals surface area contributed by atoms with Crippen LogP contribution in [0, 0.1) is 0 Å². The predicted molar refractivity (Wildman–Crippen MR) is 67.7 cm³/mol. The first kappa shape index (κ1) is 12.2. The molecule has 7 heteroatoms. The summed E-state index contributed by atoms with van der Waals surface area (Å²) in [5.41, 5.74) is 0.386. The van der Waals surface area contributed by atoms with Gasteiger partial charge in [0.25, 0.3) is 0 Å². The van der Waals surface area contributed by atoms with Crippen LogP contribution in [0.15, 0.2) is 54.9 Å². The van der Waals surface area contributed by atoms with Crippen LogP contribution in [-0.2, 0) is 15.0 Å². The van der Waals surface area contributed by atoms with Crippen molar-refractivity contribution in [1.29, 1.82) is 0 Å². The van der Waals surface area contributed by atoms with E-state index in [2.05, 4.69) is 4.72 Å². The summed E-state index contributed by atoms with van der Waals surface area (Å²) in [6.45, 7) is 0. The molecule has 0 unspecified atom stereocenters. The Hall–Kier alpha value is -2.28. The quantitative estimate of drug-likeness (QED) is 0.818. The SMILES string of the molecule is O=CN(n1cccc1)S(=O)(=O)Nc1ccccc1. The van der Waals surface area contributed by atoms with Gasteiger partial charge in [0.1, 0.15) is 0 Å². The molecule has 1 heterocycles. The Kier molecular flexibility index (Phi) is 3.33. The molecule has 1 N–H and O–H groups in total. The number of hydrogen-bond donors (Lipinski definition) is 1. The zero-order valence-electron chi connectivity index (χ0n) is 9.30. The van der Waals surface area contributed by atoms with Crippen LogP contribution < -0.4 is 9.14 Å². The fraction of sp³-hybridized carbons (Fsp3) is 0. The Morgan fingerprint density at radius 1 is 1.06 bits per heavy atom. The van der Waals surface area contributed by atoms with Crippen molar-refractivity contribution in [3.8, 4) is 0 Å². The molecule has 1 aromatic carbocycles. The number of anilines is 1. The van der Waals surface area contributed by atoms with Gasteiger partial charge in [-0.1, -0.05) is 18.2 Å². The average molecular weight is 265 g/mol. The largest absolute Gasteiger partial charge is 0.344 e. The summed E-state index contributed by atoms with van der Waals surface area (Å²) in [6.07, 6.45) is 3.14. The lowest BCUT2D eigenvalue weighted by Crippen LogP contribution is -2.42. The zero-order valence-corrected chi connectivity index (χ0v) is 10.1. The molecule has 0 atom stereocenters. The molecule has 18 heavy (non-hydrogen) atoms. The minimum absolute atomic E-state index is 0.227. The van der Waals surface area contributed by atoms with E-state index in [0.717, 1.165) is 4.68 Å². The third kappa shape index (κ3) is 2.51. The maximum Gasteiger partial charge on any atom is 0.344 e. The fourth-order valence-electron chi connectivity index (χ4n) is 1.39. The second-order valence-corrected chi connectivity index (χ2v) is 4.94. The molecule has 0 saturated carbocycles. The molecular weight excluding hydrogens is 254 g/mol. The molecular formula is C11H11N3O3S. The number of benzene rings is 1. The lowest BCUT2D eigenvalue weighted by atomic mass is 10.3. The number of hydrogen-bond acceptors (Lipinski definition) is 3. The number of amides is 1. The summed E-state index contributed by atoms with van der Waals surface area (Å²) in [7, 11) is -3.97. The van der Waals surface area contributed by atoms with E-state index in [4.69, 9.17) is 0 Å². The van der Waals surface area contributed by atoms with Gasteiger partial charge in [-0.05, 0) is 24.3 Å². The van der Waals surface area contributed by atoms with E-state index in [1.165, 1.54) is 12.4 Å². The highest BCUT2D eigenvalue weighted by Crippen LogP contribution is 2.09. The molecule has 0 aliphatic heterocycles. The Balaban J connectivity index is 2.28. The van der Waals surface area contributed by atoms with Gasteiger partial charge in [0.15, 0.2) is 0 Å². The minimum Gasteiger partial charge on any atom is -0.276 e. The smallest absolute Gasteiger partial charge is 0.276 e. The molecule has 1 amide bonds. The van der Waals surface area contributed by atoms with Crippen molar-refractivity contribution < 1.29 is 13.2 Å². The fourth-order valence-corrected chi connectivity index (χ4v) is 2.39. The third-order valence-electron chi connectivity index (χ3n) is 2.17. The van der Waals surface area contributed by atoms with Gasteiger partial charge in [0.2, 0.25) is 6.41 Å². The maximum absolute atomic E-state index is 12.0. The lowest BCUT2D eigenvalue weighted by Gasteiger charge is -2.19. The minimum atomic E-state index is -3.97. The van der Waals surface area contributed by atoms with Gasteiger partial charge in [0.05, 0.1) is 5.69 Å². The van der Waals surface area contributed by atoms with Crippen molar-refractivity contribution in [3.63, 3.8) is 0 Å². The van der Waals surface area contributed by atoms with Crippen molar-refractivity contribution >= 4 is 22.3 Å². The van der Waals surface area contributed by atoms with Crippen LogP contribution in [0.5, 0.6) is 0 Å². The molecule has 1 aromatic heterocycles. The first-order valence-electron chi connectivity index (χ1n) is 5.09. The number of para-hydroxylation sites is 1. The van der Waals surface area contributed by atoms with E-state index in [-0.39, 0.29) is 6.41 Å². The van der Waals surface area contributed by atoms with Gasteiger partial charge in [0, 0.05) is 12.4 Å². The predicted octanol–water partition coefficient (Wildman–Crippen LogP) is 0.939. The van der Waals surface area contributed by atoms with Crippen LogP contribution >= 0.6 is 0 Å². The van der Waals surface area contributed by atoms with Crippen molar-refractivity contribution in [2.75, 3.05) is 9.14 Å². The monoisotopic (exact) mass is 265 g/mol. The van der Waals surface area contributed by atoms with E-state index in [0.29, 0.717) is 10.1 Å². The Morgan fingerprint density at radius 3 is 2.22 bits per heavy atom. The number of aromatic nitrogens is 1. The van der Waals surface area contributed by atoms with Crippen LogP contribution in [0.25, 0.3) is 0 Å². The topological polar surface area (TPSA) is 71.4 Å². The van der Waals surface area contributed by atoms with Crippen molar-refractivity contribution in [2.45, 2.75) is 0 Å². The molecule has 0 saturated heterocycles. The lowest BCUT2D eigenvalue weighted by molar-refractivity contribution is -0.107. The normalized spacial score (nSPS) is 10.9. The van der Waals surface area contributed by atoms with Gasteiger partial charge in [-0.15, -0.1) is 4.41 Å². The second kappa shape index (κ2) is 4.92. The summed E-state index contributed by atoms with van der Waals surface area (Å²) in [5, 5.41) is 0. The van der Waals surface area contributed by atoms with Crippen LogP contribution in [0.4, 0.5) is 5.69 Å². The molecule has 0 fully saturated rings. The molecule has 6 nitrogen and oxygen atoms in total. The number of nitrogens with zero attached hydrogens (tertiary/aromatic N) is 2. The summed E-state index contributed by atoms with van der Waals surface area (Å²) in [4.78, 5) is 10.9. The van der Waals surface area contributed by atoms with Gasteiger partial charge < -0.3 is 0 Å². The van der Waals surface area contributed by atoms with Crippen LogP contribution in [0.2, 0.25) is 0 Å². The molecule has 0 aliphatic rings. The van der Waals surface area contributed by atoms with Crippen molar-refractivity contribution in [2.24, 2.45) is 0 Å². The van der Waals surface area contributed by atoms with E-state index in [1.807, 2.05) is 0 Å². The highest BCUT2D eigenvalue weighted by atomic mass is 32.2. The first-order valence-corrected chi connectivity index (χ1v) is 6.53. The van der Waals surface area contributed by atoms with Crippen molar-refractivity contribution in [1.82, 2.24) is 4.68 Å². The summed E-state index contributed by atoms with van der Waals surface area (Å²) in [6, 6.07) is 11.6. The Labute approximate surface area is 105 Å².